The van der Waals surface area contributed by atoms with E-state index in [1.165, 1.54) is 0 Å². The van der Waals surface area contributed by atoms with E-state index in [0.29, 0.717) is 25.6 Å². The second kappa shape index (κ2) is 10.6. The van der Waals surface area contributed by atoms with Crippen molar-refractivity contribution in [3.8, 4) is 22.1 Å². The van der Waals surface area contributed by atoms with Crippen molar-refractivity contribution in [3.63, 3.8) is 0 Å². The highest BCUT2D eigenvalue weighted by Crippen LogP contribution is 2.35. The van der Waals surface area contributed by atoms with Gasteiger partial charge in [0.1, 0.15) is 18.0 Å². The van der Waals surface area contributed by atoms with Crippen molar-refractivity contribution in [2.75, 3.05) is 20.2 Å². The van der Waals surface area contributed by atoms with E-state index in [9.17, 15) is 4.79 Å². The number of nitrogens with zero attached hydrogens (tertiary/aromatic N) is 5. The van der Waals surface area contributed by atoms with Crippen LogP contribution in [0, 0.1) is 6.92 Å². The zero-order valence-electron chi connectivity index (χ0n) is 22.4. The molecule has 3 aromatic heterocycles. The third-order valence-corrected chi connectivity index (χ3v) is 7.42. The molecule has 1 saturated heterocycles. The van der Waals surface area contributed by atoms with Gasteiger partial charge in [0.2, 0.25) is 5.88 Å². The molecule has 0 saturated carbocycles. The van der Waals surface area contributed by atoms with Gasteiger partial charge in [0.05, 0.1) is 34.4 Å². The van der Waals surface area contributed by atoms with Crippen LogP contribution in [0.3, 0.4) is 0 Å². The maximum absolute atomic E-state index is 12.6. The van der Waals surface area contributed by atoms with Crippen molar-refractivity contribution in [2.45, 2.75) is 58.7 Å². The number of rotatable bonds is 6. The molecule has 0 atom stereocenters. The van der Waals surface area contributed by atoms with E-state index in [1.807, 2.05) is 74.9 Å². The SMILES string of the molecule is COc1ccc(COc2cc(C3CCN(C(=O)OC(C)(C)C)CC3)n3ncc(-c4cnc(C)s4)c3n2)cc1. The molecule has 200 valence electrons. The molecule has 0 spiro atoms. The fraction of sp³-hybridized carbons (Fsp3) is 0.429. The Hall–Kier alpha value is -3.66. The van der Waals surface area contributed by atoms with Gasteiger partial charge in [-0.1, -0.05) is 12.1 Å². The van der Waals surface area contributed by atoms with Crippen molar-refractivity contribution in [1.82, 2.24) is 24.5 Å². The summed E-state index contributed by atoms with van der Waals surface area (Å²) < 4.78 is 18.9. The van der Waals surface area contributed by atoms with Gasteiger partial charge < -0.3 is 19.1 Å². The van der Waals surface area contributed by atoms with Crippen LogP contribution in [-0.4, -0.2) is 56.4 Å². The Balaban J connectivity index is 1.42. The molecule has 4 heterocycles. The van der Waals surface area contributed by atoms with E-state index in [4.69, 9.17) is 24.3 Å². The average molecular weight is 536 g/mol. The highest BCUT2D eigenvalue weighted by atomic mass is 32.1. The van der Waals surface area contributed by atoms with Gasteiger partial charge in [0.15, 0.2) is 5.65 Å². The number of amides is 1. The molecule has 1 aromatic carbocycles. The number of carbonyl (C=O) groups is 1. The number of benzene rings is 1. The molecular formula is C28H33N5O4S. The summed E-state index contributed by atoms with van der Waals surface area (Å²) in [6, 6.07) is 9.78. The number of ether oxygens (including phenoxy) is 3. The van der Waals surface area contributed by atoms with Gasteiger partial charge in [-0.15, -0.1) is 11.3 Å². The highest BCUT2D eigenvalue weighted by Gasteiger charge is 2.29. The van der Waals surface area contributed by atoms with Crippen LogP contribution in [-0.2, 0) is 11.3 Å². The Morgan fingerprint density at radius 2 is 1.87 bits per heavy atom. The van der Waals surface area contributed by atoms with Crippen LogP contribution in [0.2, 0.25) is 0 Å². The van der Waals surface area contributed by atoms with Crippen LogP contribution >= 0.6 is 11.3 Å². The van der Waals surface area contributed by atoms with E-state index < -0.39 is 5.60 Å². The summed E-state index contributed by atoms with van der Waals surface area (Å²) in [5.74, 6) is 1.54. The van der Waals surface area contributed by atoms with Gasteiger partial charge in [0, 0.05) is 31.3 Å². The Kier molecular flexibility index (Phi) is 7.25. The number of methoxy groups -OCH3 is 1. The summed E-state index contributed by atoms with van der Waals surface area (Å²) in [6.45, 7) is 9.27. The zero-order chi connectivity index (χ0) is 26.9. The first kappa shape index (κ1) is 26.0. The van der Waals surface area contributed by atoms with Gasteiger partial charge in [-0.05, 0) is 58.2 Å². The van der Waals surface area contributed by atoms with E-state index in [0.717, 1.165) is 50.9 Å². The molecule has 9 nitrogen and oxygen atoms in total. The lowest BCUT2D eigenvalue weighted by atomic mass is 9.93. The molecule has 0 N–H and O–H groups in total. The average Bonchev–Trinajstić information content (AvgIpc) is 3.52. The van der Waals surface area contributed by atoms with Crippen LogP contribution in [0.4, 0.5) is 4.79 Å². The van der Waals surface area contributed by atoms with Crippen LogP contribution in [0.5, 0.6) is 11.6 Å². The molecule has 0 unspecified atom stereocenters. The molecule has 4 aromatic rings. The van der Waals surface area contributed by atoms with Gasteiger partial charge in [0.25, 0.3) is 0 Å². The number of fused-ring (bicyclic) bond motifs is 1. The number of aryl methyl sites for hydroxylation is 1. The number of thiazole rings is 1. The molecule has 1 aliphatic rings. The van der Waals surface area contributed by atoms with E-state index in [-0.39, 0.29) is 12.0 Å². The molecule has 0 aliphatic carbocycles. The number of aromatic nitrogens is 4. The minimum absolute atomic E-state index is 0.193. The van der Waals surface area contributed by atoms with Gasteiger partial charge >= 0.3 is 6.09 Å². The Morgan fingerprint density at radius 1 is 1.13 bits per heavy atom. The summed E-state index contributed by atoms with van der Waals surface area (Å²) in [7, 11) is 1.65. The summed E-state index contributed by atoms with van der Waals surface area (Å²) >= 11 is 1.61. The molecule has 1 fully saturated rings. The van der Waals surface area contributed by atoms with Crippen molar-refractivity contribution >= 4 is 23.1 Å². The van der Waals surface area contributed by atoms with Gasteiger partial charge in [-0.2, -0.15) is 10.1 Å². The maximum Gasteiger partial charge on any atom is 0.410 e. The monoisotopic (exact) mass is 535 g/mol. The first-order valence-electron chi connectivity index (χ1n) is 12.8. The first-order chi connectivity index (χ1) is 18.2. The lowest BCUT2D eigenvalue weighted by Crippen LogP contribution is -2.41. The largest absolute Gasteiger partial charge is 0.497 e. The van der Waals surface area contributed by atoms with E-state index >= 15 is 0 Å². The predicted molar refractivity (Wildman–Crippen MR) is 146 cm³/mol. The quantitative estimate of drug-likeness (QED) is 0.305. The molecule has 0 bridgehead atoms. The van der Waals surface area contributed by atoms with Crippen LogP contribution in [0.1, 0.15) is 55.8 Å². The lowest BCUT2D eigenvalue weighted by molar-refractivity contribution is 0.0203. The van der Waals surface area contributed by atoms with E-state index in [2.05, 4.69) is 4.98 Å². The van der Waals surface area contributed by atoms with Crippen LogP contribution < -0.4 is 9.47 Å². The van der Waals surface area contributed by atoms with Gasteiger partial charge in [-0.25, -0.2) is 14.3 Å². The highest BCUT2D eigenvalue weighted by molar-refractivity contribution is 7.15. The molecule has 0 radical (unpaired) electrons. The van der Waals surface area contributed by atoms with Crippen molar-refractivity contribution in [2.24, 2.45) is 0 Å². The maximum atomic E-state index is 12.6. The number of hydrogen-bond acceptors (Lipinski definition) is 8. The molecule has 38 heavy (non-hydrogen) atoms. The van der Waals surface area contributed by atoms with Crippen LogP contribution in [0.25, 0.3) is 16.1 Å². The van der Waals surface area contributed by atoms with Crippen molar-refractivity contribution in [3.05, 3.63) is 59.0 Å². The van der Waals surface area contributed by atoms with Crippen molar-refractivity contribution < 1.29 is 19.0 Å². The standard InChI is InChI=1S/C28H33N5O4S/c1-18-29-16-24(38-18)22-15-30-33-23(20-10-12-32(13-11-20)27(34)37-28(2,3)4)14-25(31-26(22)33)36-17-19-6-8-21(35-5)9-7-19/h6-9,14-16,20H,10-13,17H2,1-5H3. The normalized spacial score (nSPS) is 14.6. The fourth-order valence-corrected chi connectivity index (χ4v) is 5.33. The lowest BCUT2D eigenvalue weighted by Gasteiger charge is -2.33. The van der Waals surface area contributed by atoms with Crippen LogP contribution in [0.15, 0.2) is 42.7 Å². The Morgan fingerprint density at radius 3 is 2.50 bits per heavy atom. The number of hydrogen-bond donors (Lipinski definition) is 0. The Labute approximate surface area is 226 Å². The molecular weight excluding hydrogens is 502 g/mol. The third kappa shape index (κ3) is 5.75. The van der Waals surface area contributed by atoms with Gasteiger partial charge in [-0.3, -0.25) is 0 Å². The molecule has 5 rings (SSSR count). The zero-order valence-corrected chi connectivity index (χ0v) is 23.2. The minimum atomic E-state index is -0.512. The summed E-state index contributed by atoms with van der Waals surface area (Å²) in [5.41, 5.74) is 3.20. The predicted octanol–water partition coefficient (Wildman–Crippen LogP) is 5.86. The number of likely N-dealkylation sites (tertiary alicyclic amines) is 1. The second-order valence-electron chi connectivity index (χ2n) is 10.4. The second-order valence-corrected chi connectivity index (χ2v) is 11.7. The first-order valence-corrected chi connectivity index (χ1v) is 13.6. The summed E-state index contributed by atoms with van der Waals surface area (Å²) in [4.78, 5) is 24.7. The number of carbonyl (C=O) groups excluding carboxylic acids is 1. The van der Waals surface area contributed by atoms with E-state index in [1.54, 1.807) is 23.3 Å². The fourth-order valence-electron chi connectivity index (χ4n) is 4.55. The smallest absolute Gasteiger partial charge is 0.410 e. The topological polar surface area (TPSA) is 91.1 Å². The molecule has 1 aliphatic heterocycles. The summed E-state index contributed by atoms with van der Waals surface area (Å²) in [6.07, 6.45) is 5.04. The van der Waals surface area contributed by atoms with Crippen molar-refractivity contribution in [1.29, 1.82) is 0 Å². The molecule has 1 amide bonds. The third-order valence-electron chi connectivity index (χ3n) is 6.47. The molecule has 10 heteroatoms. The summed E-state index contributed by atoms with van der Waals surface area (Å²) in [5, 5.41) is 5.71. The number of piperidine rings is 1. The Bertz CT molecular complexity index is 1420. The minimum Gasteiger partial charge on any atom is -0.497 e.